The molecule has 0 radical (unpaired) electrons. The molecule has 2 N–H and O–H groups in total. The molecule has 34 heavy (non-hydrogen) atoms. The average Bonchev–Trinajstić information content (AvgIpc) is 3.33. The largest absolute Gasteiger partial charge is 0.326 e. The number of nitro groups is 2. The van der Waals surface area contributed by atoms with Crippen LogP contribution in [-0.4, -0.2) is 36.3 Å². The van der Waals surface area contributed by atoms with Crippen molar-refractivity contribution in [3.05, 3.63) is 73.1 Å². The Bertz CT molecular complexity index is 1440. The summed E-state index contributed by atoms with van der Waals surface area (Å²) in [7, 11) is 0. The summed E-state index contributed by atoms with van der Waals surface area (Å²) >= 11 is 1.27. The third-order valence-electron chi connectivity index (χ3n) is 4.82. The van der Waals surface area contributed by atoms with Crippen LogP contribution in [0.3, 0.4) is 0 Å². The molecule has 2 amide bonds. The zero-order valence-corrected chi connectivity index (χ0v) is 18.5. The number of thiazole rings is 1. The van der Waals surface area contributed by atoms with Crippen LogP contribution in [0.15, 0.2) is 41.8 Å². The quantitative estimate of drug-likeness (QED) is 0.309. The molecular weight excluding hydrogens is 466 g/mol. The third kappa shape index (κ3) is 4.29. The van der Waals surface area contributed by atoms with Gasteiger partial charge in [-0.05, 0) is 19.1 Å². The normalized spacial score (nSPS) is 10.8. The number of nitro benzene ring substituents is 2. The van der Waals surface area contributed by atoms with E-state index in [4.69, 9.17) is 0 Å². The van der Waals surface area contributed by atoms with E-state index in [-0.39, 0.29) is 23.0 Å². The van der Waals surface area contributed by atoms with Crippen LogP contribution in [0.25, 0.3) is 16.2 Å². The van der Waals surface area contributed by atoms with Gasteiger partial charge in [0.15, 0.2) is 0 Å². The van der Waals surface area contributed by atoms with Crippen molar-refractivity contribution in [2.45, 2.75) is 13.8 Å². The fraction of sp³-hybridized carbons (Fsp3) is 0.100. The number of nitrogens with one attached hydrogen (secondary N) is 2. The van der Waals surface area contributed by atoms with Gasteiger partial charge in [0.2, 0.25) is 10.9 Å². The Labute approximate surface area is 194 Å². The van der Waals surface area contributed by atoms with Crippen molar-refractivity contribution in [2.24, 2.45) is 0 Å². The van der Waals surface area contributed by atoms with E-state index in [0.717, 1.165) is 17.7 Å². The number of hydrogen-bond donors (Lipinski definition) is 2. The number of fused-ring (bicyclic) bond motifs is 1. The van der Waals surface area contributed by atoms with Crippen molar-refractivity contribution in [2.75, 3.05) is 10.6 Å². The van der Waals surface area contributed by atoms with Crippen molar-refractivity contribution in [3.63, 3.8) is 0 Å². The Hall–Kier alpha value is -4.72. The van der Waals surface area contributed by atoms with Gasteiger partial charge in [-0.25, -0.2) is 4.52 Å². The number of benzene rings is 2. The van der Waals surface area contributed by atoms with Crippen molar-refractivity contribution in [1.29, 1.82) is 0 Å². The highest BCUT2D eigenvalue weighted by Gasteiger charge is 2.26. The maximum absolute atomic E-state index is 12.7. The summed E-state index contributed by atoms with van der Waals surface area (Å²) in [6, 6.07) is 8.99. The van der Waals surface area contributed by atoms with E-state index in [2.05, 4.69) is 20.7 Å². The summed E-state index contributed by atoms with van der Waals surface area (Å²) in [5, 5.41) is 33.7. The van der Waals surface area contributed by atoms with E-state index < -0.39 is 27.1 Å². The number of carbonyl (C=O) groups excluding carboxylic acids is 2. The summed E-state index contributed by atoms with van der Waals surface area (Å²) in [5.74, 6) is -1.09. The average molecular weight is 481 g/mol. The van der Waals surface area contributed by atoms with Crippen LogP contribution in [0.1, 0.15) is 22.8 Å². The molecule has 4 aromatic rings. The Kier molecular flexibility index (Phi) is 5.73. The summed E-state index contributed by atoms with van der Waals surface area (Å²) < 4.78 is 1.51. The lowest BCUT2D eigenvalue weighted by Gasteiger charge is -2.05. The molecule has 2 aromatic heterocycles. The van der Waals surface area contributed by atoms with E-state index in [1.807, 2.05) is 5.38 Å². The first-order chi connectivity index (χ1) is 16.1. The molecule has 0 saturated carbocycles. The maximum Gasteiger partial charge on any atom is 0.279 e. The molecule has 14 heteroatoms. The third-order valence-corrected chi connectivity index (χ3v) is 5.63. The van der Waals surface area contributed by atoms with Gasteiger partial charge >= 0.3 is 0 Å². The van der Waals surface area contributed by atoms with Crippen LogP contribution in [0.2, 0.25) is 0 Å². The molecule has 0 bridgehead atoms. The zero-order chi connectivity index (χ0) is 24.6. The first-order valence-electron chi connectivity index (χ1n) is 9.61. The van der Waals surface area contributed by atoms with Gasteiger partial charge in [0.1, 0.15) is 5.56 Å². The topological polar surface area (TPSA) is 175 Å². The second-order valence-corrected chi connectivity index (χ2v) is 7.95. The summed E-state index contributed by atoms with van der Waals surface area (Å²) in [4.78, 5) is 49.5. The molecule has 13 nitrogen and oxygen atoms in total. The summed E-state index contributed by atoms with van der Waals surface area (Å²) in [6.07, 6.45) is 0. The predicted molar refractivity (Wildman–Crippen MR) is 123 cm³/mol. The predicted octanol–water partition coefficient (Wildman–Crippen LogP) is 3.79. The van der Waals surface area contributed by atoms with Crippen LogP contribution >= 0.6 is 11.3 Å². The van der Waals surface area contributed by atoms with Crippen molar-refractivity contribution in [1.82, 2.24) is 14.6 Å². The maximum atomic E-state index is 12.7. The number of hydrogen-bond acceptors (Lipinski definition) is 9. The first kappa shape index (κ1) is 22.5. The highest BCUT2D eigenvalue weighted by Crippen LogP contribution is 2.30. The molecule has 0 aliphatic carbocycles. The standard InChI is InChI=1S/C20H15N7O6S/c1-10-15(26(30)31)7-13(8-16(10)27(32)33)18(29)22-19-23-20-25(24-19)17(9-34-20)12-3-5-14(6-4-12)21-11(2)28/h3-9H,1-2H3,(H,21,28)(H,22,24,29). The number of anilines is 2. The Balaban J connectivity index is 1.62. The molecular formula is C20H15N7O6S. The minimum atomic E-state index is -0.828. The highest BCUT2D eigenvalue weighted by atomic mass is 32.1. The van der Waals surface area contributed by atoms with Gasteiger partial charge in [-0.2, -0.15) is 4.98 Å². The molecule has 0 aliphatic heterocycles. The minimum absolute atomic E-state index is 0.0705. The van der Waals surface area contributed by atoms with Gasteiger partial charge < -0.3 is 5.32 Å². The molecule has 0 saturated heterocycles. The molecule has 0 fully saturated rings. The van der Waals surface area contributed by atoms with Gasteiger partial charge in [-0.3, -0.25) is 35.1 Å². The molecule has 2 aromatic carbocycles. The van der Waals surface area contributed by atoms with Crippen molar-refractivity contribution < 1.29 is 19.4 Å². The zero-order valence-electron chi connectivity index (χ0n) is 17.6. The number of nitrogens with zero attached hydrogens (tertiary/aromatic N) is 5. The fourth-order valence-electron chi connectivity index (χ4n) is 3.23. The molecule has 0 spiro atoms. The number of amides is 2. The van der Waals surface area contributed by atoms with E-state index in [0.29, 0.717) is 16.3 Å². The molecule has 4 rings (SSSR count). The molecule has 0 aliphatic rings. The van der Waals surface area contributed by atoms with E-state index in [1.54, 1.807) is 24.3 Å². The second kappa shape index (κ2) is 8.67. The second-order valence-electron chi connectivity index (χ2n) is 7.12. The molecule has 2 heterocycles. The summed E-state index contributed by atoms with van der Waals surface area (Å²) in [5.41, 5.74) is 0.607. The van der Waals surface area contributed by atoms with Crippen molar-refractivity contribution in [3.8, 4) is 11.3 Å². The minimum Gasteiger partial charge on any atom is -0.326 e. The van der Waals surface area contributed by atoms with Gasteiger partial charge in [0.05, 0.1) is 21.1 Å². The molecule has 0 atom stereocenters. The van der Waals surface area contributed by atoms with Crippen LogP contribution in [0.5, 0.6) is 0 Å². The van der Waals surface area contributed by atoms with E-state index in [1.165, 1.54) is 29.7 Å². The Morgan fingerprint density at radius 3 is 2.21 bits per heavy atom. The van der Waals surface area contributed by atoms with Crippen LogP contribution in [0.4, 0.5) is 23.0 Å². The lowest BCUT2D eigenvalue weighted by atomic mass is 10.1. The van der Waals surface area contributed by atoms with Gasteiger partial charge in [-0.1, -0.05) is 12.1 Å². The van der Waals surface area contributed by atoms with Gasteiger partial charge in [0, 0.05) is 35.7 Å². The number of aromatic nitrogens is 3. The molecule has 172 valence electrons. The molecule has 0 unspecified atom stereocenters. The highest BCUT2D eigenvalue weighted by molar-refractivity contribution is 7.15. The van der Waals surface area contributed by atoms with Crippen LogP contribution in [-0.2, 0) is 4.79 Å². The monoisotopic (exact) mass is 481 g/mol. The van der Waals surface area contributed by atoms with E-state index >= 15 is 0 Å². The van der Waals surface area contributed by atoms with E-state index in [9.17, 15) is 29.8 Å². The SMILES string of the molecule is CC(=O)Nc1ccc(-c2csc3nc(NC(=O)c4cc([N+](=O)[O-])c(C)c([N+](=O)[O-])c4)nn23)cc1. The van der Waals surface area contributed by atoms with Crippen molar-refractivity contribution >= 4 is 51.1 Å². The summed E-state index contributed by atoms with van der Waals surface area (Å²) in [6.45, 7) is 2.65. The van der Waals surface area contributed by atoms with Gasteiger partial charge in [-0.15, -0.1) is 16.4 Å². The fourth-order valence-corrected chi connectivity index (χ4v) is 4.06. The Morgan fingerprint density at radius 2 is 1.65 bits per heavy atom. The lowest BCUT2D eigenvalue weighted by Crippen LogP contribution is -2.14. The number of carbonyl (C=O) groups is 2. The van der Waals surface area contributed by atoms with Crippen LogP contribution < -0.4 is 10.6 Å². The smallest absolute Gasteiger partial charge is 0.279 e. The first-order valence-corrected chi connectivity index (χ1v) is 10.5. The Morgan fingerprint density at radius 1 is 1.03 bits per heavy atom. The number of rotatable bonds is 6. The van der Waals surface area contributed by atoms with Gasteiger partial charge in [0.25, 0.3) is 23.2 Å². The lowest BCUT2D eigenvalue weighted by molar-refractivity contribution is -0.395. The van der Waals surface area contributed by atoms with Crippen LogP contribution in [0, 0.1) is 27.2 Å².